The number of nitrogens with two attached hydrogens (primary N) is 1. The van der Waals surface area contributed by atoms with Gasteiger partial charge >= 0.3 is 0 Å². The average molecular weight is 496 g/mol. The van der Waals surface area contributed by atoms with E-state index < -0.39 is 5.92 Å². The molecule has 1 atom stereocenters. The van der Waals surface area contributed by atoms with Crippen molar-refractivity contribution in [3.8, 4) is 6.07 Å². The quantitative estimate of drug-likeness (QED) is 0.540. The normalized spacial score (nSPS) is 20.7. The van der Waals surface area contributed by atoms with Crippen molar-refractivity contribution < 1.29 is 4.79 Å². The van der Waals surface area contributed by atoms with Gasteiger partial charge in [0.05, 0.1) is 17.6 Å². The Labute approximate surface area is 196 Å². The number of ketones is 1. The Hall–Kier alpha value is -2.36. The summed E-state index contributed by atoms with van der Waals surface area (Å²) in [5.41, 5.74) is 10.7. The molecule has 1 unspecified atom stereocenters. The van der Waals surface area contributed by atoms with Crippen molar-refractivity contribution in [1.29, 1.82) is 5.26 Å². The Balaban J connectivity index is 1.97. The summed E-state index contributed by atoms with van der Waals surface area (Å²) in [5, 5.41) is 10.1. The first-order valence-corrected chi connectivity index (χ1v) is 12.1. The third-order valence-corrected chi connectivity index (χ3v) is 8.35. The minimum Gasteiger partial charge on any atom is -0.384 e. The van der Waals surface area contributed by atoms with Gasteiger partial charge in [0.15, 0.2) is 5.78 Å². The van der Waals surface area contributed by atoms with E-state index in [9.17, 15) is 10.1 Å². The number of halogens is 1. The second-order valence-corrected chi connectivity index (χ2v) is 11.2. The smallest absolute Gasteiger partial charge is 0.162 e. The van der Waals surface area contributed by atoms with Crippen LogP contribution in [0.3, 0.4) is 0 Å². The fourth-order valence-corrected chi connectivity index (χ4v) is 6.27. The number of carbonyl (C=O) groups is 1. The van der Waals surface area contributed by atoms with Gasteiger partial charge in [-0.05, 0) is 64.9 Å². The molecule has 4 nitrogen and oxygen atoms in total. The molecule has 160 valence electrons. The minimum atomic E-state index is -0.412. The molecule has 2 heterocycles. The monoisotopic (exact) mass is 495 g/mol. The Bertz CT molecular complexity index is 1140. The maximum atomic E-state index is 13.5. The van der Waals surface area contributed by atoms with Crippen molar-refractivity contribution in [1.82, 2.24) is 0 Å². The number of nitrogens with zero attached hydrogens (tertiary/aromatic N) is 2. The molecular formula is C25H26BrN3OS. The molecule has 2 aliphatic rings. The number of rotatable bonds is 3. The van der Waals surface area contributed by atoms with E-state index in [1.54, 1.807) is 11.3 Å². The highest BCUT2D eigenvalue weighted by Crippen LogP contribution is 2.51. The third-order valence-electron chi connectivity index (χ3n) is 6.14. The van der Waals surface area contributed by atoms with Crippen molar-refractivity contribution in [2.24, 2.45) is 11.1 Å². The summed E-state index contributed by atoms with van der Waals surface area (Å²) in [6, 6.07) is 12.6. The van der Waals surface area contributed by atoms with E-state index in [1.807, 2.05) is 30.0 Å². The molecule has 31 heavy (non-hydrogen) atoms. The van der Waals surface area contributed by atoms with Crippen molar-refractivity contribution >= 4 is 38.7 Å². The summed E-state index contributed by atoms with van der Waals surface area (Å²) in [4.78, 5) is 17.5. The molecule has 1 aromatic carbocycles. The number of hydrogen-bond donors (Lipinski definition) is 1. The summed E-state index contributed by atoms with van der Waals surface area (Å²) < 4.78 is 0.992. The molecule has 0 radical (unpaired) electrons. The van der Waals surface area contributed by atoms with Crippen molar-refractivity contribution in [3.63, 3.8) is 0 Å². The Morgan fingerprint density at radius 2 is 1.97 bits per heavy atom. The van der Waals surface area contributed by atoms with Crippen molar-refractivity contribution in [2.45, 2.75) is 52.9 Å². The highest BCUT2D eigenvalue weighted by molar-refractivity contribution is 9.10. The molecule has 2 N–H and O–H groups in total. The zero-order valence-corrected chi connectivity index (χ0v) is 20.7. The van der Waals surface area contributed by atoms with E-state index in [-0.39, 0.29) is 11.2 Å². The third kappa shape index (κ3) is 3.75. The lowest BCUT2D eigenvalue weighted by Crippen LogP contribution is -2.42. The molecule has 0 spiro atoms. The number of benzene rings is 1. The van der Waals surface area contributed by atoms with Gasteiger partial charge in [0, 0.05) is 37.6 Å². The summed E-state index contributed by atoms with van der Waals surface area (Å²) in [6.45, 7) is 8.39. The van der Waals surface area contributed by atoms with E-state index in [0.717, 1.165) is 44.0 Å². The van der Waals surface area contributed by atoms with Crippen LogP contribution in [0.1, 0.15) is 54.8 Å². The molecule has 2 aromatic rings. The van der Waals surface area contributed by atoms with Crippen molar-refractivity contribution in [3.05, 3.63) is 72.8 Å². The number of hydrogen-bond acceptors (Lipinski definition) is 5. The molecule has 4 rings (SSSR count). The van der Waals surface area contributed by atoms with Gasteiger partial charge in [0.2, 0.25) is 0 Å². The fourth-order valence-electron chi connectivity index (χ4n) is 4.59. The Morgan fingerprint density at radius 3 is 2.52 bits per heavy atom. The van der Waals surface area contributed by atoms with Crippen LogP contribution in [0.15, 0.2) is 57.5 Å². The van der Waals surface area contributed by atoms with Gasteiger partial charge in [-0.25, -0.2) is 0 Å². The van der Waals surface area contributed by atoms with Crippen molar-refractivity contribution in [2.75, 3.05) is 4.90 Å². The van der Waals surface area contributed by atoms with Gasteiger partial charge in [-0.1, -0.05) is 32.9 Å². The first-order valence-electron chi connectivity index (χ1n) is 10.5. The standard InChI is InChI=1S/C25H26BrN3OS/c1-5-15-6-8-16(9-7-15)29-19-11-25(3,4)12-20(30)23(19)22(17(13-27)24(29)28)21-10-18(26)14(2)31-21/h6-10,22H,5,11-12,28H2,1-4H3. The van der Waals surface area contributed by atoms with Crippen LogP contribution in [0.5, 0.6) is 0 Å². The number of thiophene rings is 1. The van der Waals surface area contributed by atoms with Gasteiger partial charge in [-0.3, -0.25) is 9.69 Å². The summed E-state index contributed by atoms with van der Waals surface area (Å²) in [6.07, 6.45) is 2.14. The molecule has 0 amide bonds. The molecule has 0 saturated heterocycles. The minimum absolute atomic E-state index is 0.105. The number of aryl methyl sites for hydroxylation is 2. The predicted octanol–water partition coefficient (Wildman–Crippen LogP) is 6.32. The van der Waals surface area contributed by atoms with E-state index in [4.69, 9.17) is 5.73 Å². The summed E-state index contributed by atoms with van der Waals surface area (Å²) >= 11 is 5.20. The summed E-state index contributed by atoms with van der Waals surface area (Å²) in [5.74, 6) is 0.113. The van der Waals surface area contributed by atoms with E-state index in [0.29, 0.717) is 17.8 Å². The van der Waals surface area contributed by atoms with Crippen LogP contribution in [0.25, 0.3) is 0 Å². The fraction of sp³-hybridized carbons (Fsp3) is 0.360. The zero-order valence-electron chi connectivity index (χ0n) is 18.3. The van der Waals surface area contributed by atoms with Gasteiger partial charge in [0.1, 0.15) is 5.82 Å². The maximum absolute atomic E-state index is 13.5. The molecule has 0 saturated carbocycles. The Morgan fingerprint density at radius 1 is 1.29 bits per heavy atom. The van der Waals surface area contributed by atoms with Gasteiger partial charge in [0.25, 0.3) is 0 Å². The van der Waals surface area contributed by atoms with E-state index in [1.165, 1.54) is 5.56 Å². The van der Waals surface area contributed by atoms with Crippen LogP contribution >= 0.6 is 27.3 Å². The molecule has 0 bridgehead atoms. The number of Topliss-reactive ketones (excluding diaryl/α,β-unsaturated/α-hetero) is 1. The number of anilines is 1. The number of carbonyl (C=O) groups excluding carboxylic acids is 1. The zero-order chi connectivity index (χ0) is 22.5. The lowest BCUT2D eigenvalue weighted by molar-refractivity contribution is -0.118. The molecule has 6 heteroatoms. The lowest BCUT2D eigenvalue weighted by Gasteiger charge is -2.43. The lowest BCUT2D eigenvalue weighted by atomic mass is 9.69. The van der Waals surface area contributed by atoms with Gasteiger partial charge < -0.3 is 5.73 Å². The van der Waals surface area contributed by atoms with Gasteiger partial charge in [-0.2, -0.15) is 5.26 Å². The molecule has 0 fully saturated rings. The highest BCUT2D eigenvalue weighted by Gasteiger charge is 2.45. The van der Waals surface area contributed by atoms with Crippen LogP contribution < -0.4 is 10.6 Å². The van der Waals surface area contributed by atoms with Gasteiger partial charge in [-0.15, -0.1) is 11.3 Å². The van der Waals surface area contributed by atoms with Crippen LogP contribution in [-0.4, -0.2) is 5.78 Å². The predicted molar refractivity (Wildman–Crippen MR) is 130 cm³/mol. The topological polar surface area (TPSA) is 70.1 Å². The van der Waals surface area contributed by atoms with Crippen LogP contribution in [0.4, 0.5) is 5.69 Å². The largest absolute Gasteiger partial charge is 0.384 e. The van der Waals surface area contributed by atoms with E-state index >= 15 is 0 Å². The first-order chi connectivity index (χ1) is 14.7. The van der Waals surface area contributed by atoms with Crippen LogP contribution in [-0.2, 0) is 11.2 Å². The summed E-state index contributed by atoms with van der Waals surface area (Å²) in [7, 11) is 0. The van der Waals surface area contributed by atoms with E-state index in [2.05, 4.69) is 54.9 Å². The average Bonchev–Trinajstić information content (AvgIpc) is 3.04. The van der Waals surface area contributed by atoms with Crippen LogP contribution in [0, 0.1) is 23.7 Å². The number of nitriles is 1. The second kappa shape index (κ2) is 7.96. The Kier molecular flexibility index (Phi) is 5.61. The molecule has 1 aliphatic carbocycles. The first kappa shape index (κ1) is 21.9. The SMILES string of the molecule is CCc1ccc(N2C(N)=C(C#N)C(c3cc(Br)c(C)s3)C3=C2CC(C)(C)CC3=O)cc1. The van der Waals surface area contributed by atoms with Crippen LogP contribution in [0.2, 0.25) is 0 Å². The highest BCUT2D eigenvalue weighted by atomic mass is 79.9. The molecular weight excluding hydrogens is 470 g/mol. The maximum Gasteiger partial charge on any atom is 0.162 e. The second-order valence-electron chi connectivity index (χ2n) is 9.05. The molecule has 1 aliphatic heterocycles. The number of allylic oxidation sites excluding steroid dienone is 3. The molecule has 1 aromatic heterocycles.